The Hall–Kier alpha value is -0.880. The van der Waals surface area contributed by atoms with Gasteiger partial charge in [-0.05, 0) is 18.6 Å². The van der Waals surface area contributed by atoms with Crippen LogP contribution in [0.1, 0.15) is 13.3 Å². The molecule has 0 amide bonds. The topological polar surface area (TPSA) is 54.5 Å². The third kappa shape index (κ3) is 2.37. The van der Waals surface area contributed by atoms with E-state index in [0.29, 0.717) is 29.3 Å². The van der Waals surface area contributed by atoms with E-state index in [1.54, 1.807) is 24.3 Å². The molecule has 0 saturated heterocycles. The van der Waals surface area contributed by atoms with Crippen LogP contribution in [0.4, 0.5) is 5.69 Å². The molecule has 0 bridgehead atoms. The highest BCUT2D eigenvalue weighted by Gasteiger charge is 2.29. The molecule has 0 fully saturated rings. The number of hydrogen-bond donors (Lipinski definition) is 0. The minimum Gasteiger partial charge on any atom is -0.268 e. The fourth-order valence-electron chi connectivity index (χ4n) is 1.91. The van der Waals surface area contributed by atoms with Gasteiger partial charge in [-0.3, -0.25) is 8.51 Å². The molecule has 4 nitrogen and oxygen atoms in total. The molecule has 1 aliphatic rings. The summed E-state index contributed by atoms with van der Waals surface area (Å²) in [6, 6.07) is 7.02. The van der Waals surface area contributed by atoms with E-state index in [0.717, 1.165) is 0 Å². The van der Waals surface area contributed by atoms with Crippen LogP contribution in [-0.2, 0) is 20.8 Å². The van der Waals surface area contributed by atoms with Gasteiger partial charge in [-0.15, -0.1) is 0 Å². The van der Waals surface area contributed by atoms with E-state index < -0.39 is 20.8 Å². The maximum Gasteiger partial charge on any atom is 0.235 e. The maximum absolute atomic E-state index is 12.1. The first-order valence-electron chi connectivity index (χ1n) is 5.54. The molecule has 1 atom stereocenters. The monoisotopic (exact) mass is 273 g/mol. The second-order valence-corrected chi connectivity index (χ2v) is 7.46. The van der Waals surface area contributed by atoms with E-state index in [1.165, 1.54) is 4.31 Å². The Morgan fingerprint density at radius 1 is 1.35 bits per heavy atom. The summed E-state index contributed by atoms with van der Waals surface area (Å²) in [6.45, 7) is 2.15. The summed E-state index contributed by atoms with van der Waals surface area (Å²) >= 11 is 0. The van der Waals surface area contributed by atoms with Crippen molar-refractivity contribution in [3.8, 4) is 0 Å². The molecule has 0 spiro atoms. The van der Waals surface area contributed by atoms with Gasteiger partial charge in [-0.1, -0.05) is 19.1 Å². The van der Waals surface area contributed by atoms with Gasteiger partial charge in [0.1, 0.15) is 0 Å². The summed E-state index contributed by atoms with van der Waals surface area (Å²) in [6.07, 6.45) is 0.587. The number of anilines is 1. The van der Waals surface area contributed by atoms with E-state index in [-0.39, 0.29) is 5.75 Å². The lowest BCUT2D eigenvalue weighted by Crippen LogP contribution is -2.39. The van der Waals surface area contributed by atoms with Gasteiger partial charge in [-0.2, -0.15) is 0 Å². The molecule has 94 valence electrons. The number of rotatable bonds is 3. The van der Waals surface area contributed by atoms with Crippen molar-refractivity contribution in [2.24, 2.45) is 0 Å². The van der Waals surface area contributed by atoms with Crippen LogP contribution < -0.4 is 4.31 Å². The summed E-state index contributed by atoms with van der Waals surface area (Å²) in [5.41, 5.74) is 0.575. The lowest BCUT2D eigenvalue weighted by molar-refractivity contribution is 0.589. The van der Waals surface area contributed by atoms with Crippen molar-refractivity contribution in [2.75, 3.05) is 22.4 Å². The van der Waals surface area contributed by atoms with Gasteiger partial charge in [0.15, 0.2) is 0 Å². The normalized spacial score (nSPS) is 20.1. The first kappa shape index (κ1) is 12.6. The van der Waals surface area contributed by atoms with Crippen molar-refractivity contribution in [2.45, 2.75) is 18.2 Å². The highest BCUT2D eigenvalue weighted by Crippen LogP contribution is 2.30. The van der Waals surface area contributed by atoms with Crippen LogP contribution in [0.25, 0.3) is 0 Å². The third-order valence-electron chi connectivity index (χ3n) is 2.66. The van der Waals surface area contributed by atoms with Gasteiger partial charge in [-0.25, -0.2) is 8.42 Å². The molecule has 0 radical (unpaired) electrons. The molecule has 1 aliphatic heterocycles. The zero-order chi connectivity index (χ0) is 12.5. The van der Waals surface area contributed by atoms with E-state index in [1.807, 2.05) is 6.92 Å². The molecular weight excluding hydrogens is 258 g/mol. The fraction of sp³-hybridized carbons (Fsp3) is 0.455. The second-order valence-electron chi connectivity index (χ2n) is 3.91. The number of sulfonamides is 1. The molecule has 0 N–H and O–H groups in total. The highest BCUT2D eigenvalue weighted by molar-refractivity contribution is 7.93. The minimum atomic E-state index is -3.27. The van der Waals surface area contributed by atoms with E-state index in [2.05, 4.69) is 0 Å². The van der Waals surface area contributed by atoms with Crippen molar-refractivity contribution in [3.63, 3.8) is 0 Å². The molecule has 0 aromatic heterocycles. The van der Waals surface area contributed by atoms with E-state index in [9.17, 15) is 12.6 Å². The lowest BCUT2D eigenvalue weighted by atomic mass is 10.3. The number of fused-ring (bicyclic) bond motifs is 1. The lowest BCUT2D eigenvalue weighted by Gasteiger charge is -2.29. The zero-order valence-corrected chi connectivity index (χ0v) is 11.3. The van der Waals surface area contributed by atoms with Gasteiger partial charge in [0.2, 0.25) is 10.0 Å². The maximum atomic E-state index is 12.1. The molecule has 17 heavy (non-hydrogen) atoms. The predicted molar refractivity (Wildman–Crippen MR) is 69.1 cm³/mol. The largest absolute Gasteiger partial charge is 0.268 e. The average molecular weight is 273 g/mol. The van der Waals surface area contributed by atoms with E-state index in [4.69, 9.17) is 0 Å². The van der Waals surface area contributed by atoms with Crippen molar-refractivity contribution in [1.29, 1.82) is 0 Å². The van der Waals surface area contributed by atoms with Crippen LogP contribution in [0.3, 0.4) is 0 Å². The van der Waals surface area contributed by atoms with Crippen molar-refractivity contribution in [1.82, 2.24) is 0 Å². The van der Waals surface area contributed by atoms with Gasteiger partial charge >= 0.3 is 0 Å². The molecule has 0 saturated carbocycles. The van der Waals surface area contributed by atoms with Crippen LogP contribution in [0.15, 0.2) is 29.2 Å². The van der Waals surface area contributed by atoms with Crippen LogP contribution >= 0.6 is 0 Å². The summed E-state index contributed by atoms with van der Waals surface area (Å²) in [4.78, 5) is 0.624. The smallest absolute Gasteiger partial charge is 0.235 e. The standard InChI is InChI=1S/C11H15NO3S2/c1-2-9-17(14,15)12-7-8-16(13)11-6-4-3-5-10(11)12/h3-6H,2,7-9H2,1H3. The quantitative estimate of drug-likeness (QED) is 0.835. The first-order chi connectivity index (χ1) is 8.06. The molecule has 1 aromatic carbocycles. The molecule has 1 heterocycles. The van der Waals surface area contributed by atoms with Gasteiger partial charge < -0.3 is 0 Å². The van der Waals surface area contributed by atoms with Gasteiger partial charge in [0.05, 0.1) is 27.1 Å². The number of benzene rings is 1. The average Bonchev–Trinajstić information content (AvgIpc) is 2.29. The second kappa shape index (κ2) is 4.78. The van der Waals surface area contributed by atoms with Crippen LogP contribution in [0, 0.1) is 0 Å². The molecule has 6 heteroatoms. The fourth-order valence-corrected chi connectivity index (χ4v) is 4.86. The molecule has 0 aliphatic carbocycles. The van der Waals surface area contributed by atoms with Crippen molar-refractivity contribution in [3.05, 3.63) is 24.3 Å². The first-order valence-corrected chi connectivity index (χ1v) is 8.47. The molecule has 2 rings (SSSR count). The van der Waals surface area contributed by atoms with Gasteiger partial charge in [0.25, 0.3) is 0 Å². The Bertz CT molecular complexity index is 539. The summed E-state index contributed by atoms with van der Waals surface area (Å²) in [5.74, 6) is 0.508. The van der Waals surface area contributed by atoms with Gasteiger partial charge in [0, 0.05) is 12.3 Å². The number of nitrogens with zero attached hydrogens (tertiary/aromatic N) is 1. The Balaban J connectivity index is 2.47. The van der Waals surface area contributed by atoms with Crippen LogP contribution in [0.2, 0.25) is 0 Å². The summed E-state index contributed by atoms with van der Waals surface area (Å²) in [7, 11) is -4.35. The third-order valence-corrected chi connectivity index (χ3v) is 6.02. The molecule has 1 unspecified atom stereocenters. The number of hydrogen-bond acceptors (Lipinski definition) is 3. The van der Waals surface area contributed by atoms with E-state index >= 15 is 0 Å². The number of para-hydroxylation sites is 1. The Labute approximate surface area is 104 Å². The molecule has 1 aromatic rings. The zero-order valence-electron chi connectivity index (χ0n) is 9.63. The Morgan fingerprint density at radius 3 is 2.76 bits per heavy atom. The predicted octanol–water partition coefficient (Wildman–Crippen LogP) is 1.35. The SMILES string of the molecule is CCCS(=O)(=O)N1CCS(=O)c2ccccc21. The van der Waals surface area contributed by atoms with Crippen LogP contribution in [-0.4, -0.2) is 30.7 Å². The van der Waals surface area contributed by atoms with Crippen molar-refractivity contribution >= 4 is 26.5 Å². The van der Waals surface area contributed by atoms with Crippen molar-refractivity contribution < 1.29 is 12.6 Å². The Kier molecular flexibility index (Phi) is 3.53. The minimum absolute atomic E-state index is 0.133. The highest BCUT2D eigenvalue weighted by atomic mass is 32.2. The summed E-state index contributed by atoms with van der Waals surface area (Å²) < 4.78 is 37.4. The molecular formula is C11H15NO3S2. The summed E-state index contributed by atoms with van der Waals surface area (Å²) in [5, 5.41) is 0. The Morgan fingerprint density at radius 2 is 2.06 bits per heavy atom. The van der Waals surface area contributed by atoms with Crippen LogP contribution in [0.5, 0.6) is 0 Å².